The number of aliphatic hydroxyl groups is 1. The van der Waals surface area contributed by atoms with Gasteiger partial charge in [0, 0.05) is 0 Å². The van der Waals surface area contributed by atoms with Crippen molar-refractivity contribution < 1.29 is 29.3 Å². The first-order valence-electron chi connectivity index (χ1n) is 5.22. The van der Waals surface area contributed by atoms with Gasteiger partial charge in [0.25, 0.3) is 0 Å². The van der Waals surface area contributed by atoms with E-state index in [1.807, 2.05) is 13.8 Å². The summed E-state index contributed by atoms with van der Waals surface area (Å²) in [5.41, 5.74) is 0. The summed E-state index contributed by atoms with van der Waals surface area (Å²) in [5, 5.41) is 16.5. The first kappa shape index (κ1) is 17.9. The predicted octanol–water partition coefficient (Wildman–Crippen LogP) is 0.616. The molecule has 0 heterocycles. The van der Waals surface area contributed by atoms with Gasteiger partial charge in [0.15, 0.2) is 0 Å². The minimum atomic E-state index is -1.06. The zero-order chi connectivity index (χ0) is 14.0. The van der Waals surface area contributed by atoms with Crippen molar-refractivity contribution in [1.82, 2.24) is 0 Å². The number of hydrogen-bond donors (Lipinski definition) is 2. The van der Waals surface area contributed by atoms with Crippen molar-refractivity contribution in [3.8, 4) is 0 Å². The Labute approximate surface area is 101 Å². The number of carboxylic acid groups (broad SMARTS) is 1. The second-order valence-corrected chi connectivity index (χ2v) is 3.97. The number of ether oxygens (including phenoxy) is 1. The highest BCUT2D eigenvalue weighted by Gasteiger charge is 2.09. The summed E-state index contributed by atoms with van der Waals surface area (Å²) < 4.78 is 4.68. The topological polar surface area (TPSA) is 101 Å². The van der Waals surface area contributed by atoms with Crippen molar-refractivity contribution >= 4 is 17.7 Å². The third-order valence-corrected chi connectivity index (χ3v) is 1.30. The van der Waals surface area contributed by atoms with Gasteiger partial charge in [0.05, 0.1) is 6.61 Å². The molecule has 2 N–H and O–H groups in total. The molecule has 0 saturated carbocycles. The van der Waals surface area contributed by atoms with E-state index in [1.165, 1.54) is 13.8 Å². The molecule has 0 aromatic carbocycles. The zero-order valence-electron chi connectivity index (χ0n) is 10.6. The standard InChI is InChI=1S/C7H14O3.C4H6O3/c1-5(2)4-10-7(9)6(3)8;1-3(5)2-4(6)7/h5-6,8H,4H2,1-3H3;2H2,1H3,(H,6,7)/t6-;/m1./s1. The molecule has 0 fully saturated rings. The molecule has 0 bridgehead atoms. The third-order valence-electron chi connectivity index (χ3n) is 1.30. The van der Waals surface area contributed by atoms with Gasteiger partial charge < -0.3 is 14.9 Å². The second-order valence-electron chi connectivity index (χ2n) is 3.97. The number of hydrogen-bond acceptors (Lipinski definition) is 5. The number of rotatable bonds is 5. The zero-order valence-corrected chi connectivity index (χ0v) is 10.6. The SMILES string of the molecule is CC(=O)CC(=O)O.CC(C)COC(=O)[C@@H](C)O. The van der Waals surface area contributed by atoms with Gasteiger partial charge in [-0.2, -0.15) is 0 Å². The van der Waals surface area contributed by atoms with Crippen molar-refractivity contribution in [1.29, 1.82) is 0 Å². The molecule has 6 nitrogen and oxygen atoms in total. The number of ketones is 1. The van der Waals surface area contributed by atoms with E-state index in [2.05, 4.69) is 4.74 Å². The molecule has 6 heteroatoms. The number of carbonyl (C=O) groups is 3. The Balaban J connectivity index is 0. The summed E-state index contributed by atoms with van der Waals surface area (Å²) in [5.74, 6) is -1.60. The molecule has 0 aliphatic rings. The molecular weight excluding hydrogens is 228 g/mol. The van der Waals surface area contributed by atoms with Crippen LogP contribution in [0.25, 0.3) is 0 Å². The largest absolute Gasteiger partial charge is 0.481 e. The van der Waals surface area contributed by atoms with Crippen LogP contribution >= 0.6 is 0 Å². The van der Waals surface area contributed by atoms with Crippen molar-refractivity contribution in [2.45, 2.75) is 40.2 Å². The highest BCUT2D eigenvalue weighted by molar-refractivity contribution is 5.93. The minimum Gasteiger partial charge on any atom is -0.481 e. The lowest BCUT2D eigenvalue weighted by Gasteiger charge is -2.07. The van der Waals surface area contributed by atoms with Gasteiger partial charge in [-0.1, -0.05) is 13.8 Å². The van der Waals surface area contributed by atoms with E-state index in [0.717, 1.165) is 0 Å². The highest BCUT2D eigenvalue weighted by atomic mass is 16.5. The highest BCUT2D eigenvalue weighted by Crippen LogP contribution is 1.94. The van der Waals surface area contributed by atoms with E-state index in [9.17, 15) is 14.4 Å². The lowest BCUT2D eigenvalue weighted by atomic mass is 10.2. The number of aliphatic carboxylic acids is 1. The molecule has 0 aromatic rings. The lowest BCUT2D eigenvalue weighted by molar-refractivity contribution is -0.153. The Kier molecular flexibility index (Phi) is 10.3. The summed E-state index contributed by atoms with van der Waals surface area (Å²) >= 11 is 0. The maximum absolute atomic E-state index is 10.6. The Morgan fingerprint density at radius 1 is 1.18 bits per heavy atom. The van der Waals surface area contributed by atoms with E-state index < -0.39 is 18.0 Å². The molecule has 0 aliphatic carbocycles. The van der Waals surface area contributed by atoms with Crippen LogP contribution in [0, 0.1) is 5.92 Å². The van der Waals surface area contributed by atoms with E-state index in [1.54, 1.807) is 0 Å². The smallest absolute Gasteiger partial charge is 0.334 e. The fraction of sp³-hybridized carbons (Fsp3) is 0.727. The Morgan fingerprint density at radius 2 is 1.65 bits per heavy atom. The van der Waals surface area contributed by atoms with Crippen LogP contribution in [0.2, 0.25) is 0 Å². The fourth-order valence-corrected chi connectivity index (χ4v) is 0.582. The number of carbonyl (C=O) groups excluding carboxylic acids is 2. The van der Waals surface area contributed by atoms with Gasteiger partial charge >= 0.3 is 11.9 Å². The van der Waals surface area contributed by atoms with Crippen LogP contribution < -0.4 is 0 Å². The van der Waals surface area contributed by atoms with E-state index >= 15 is 0 Å². The quantitative estimate of drug-likeness (QED) is 0.546. The third kappa shape index (κ3) is 17.2. The van der Waals surface area contributed by atoms with Crippen molar-refractivity contribution in [3.05, 3.63) is 0 Å². The van der Waals surface area contributed by atoms with Crippen LogP contribution in [0.15, 0.2) is 0 Å². The van der Waals surface area contributed by atoms with Crippen LogP contribution in [0.5, 0.6) is 0 Å². The molecule has 0 spiro atoms. The van der Waals surface area contributed by atoms with Crippen LogP contribution in [0.4, 0.5) is 0 Å². The predicted molar refractivity (Wildman–Crippen MR) is 60.4 cm³/mol. The molecule has 0 unspecified atom stereocenters. The average molecular weight is 248 g/mol. The Hall–Kier alpha value is -1.43. The van der Waals surface area contributed by atoms with Gasteiger partial charge in [-0.3, -0.25) is 9.59 Å². The molecular formula is C11H20O6. The normalized spacial score (nSPS) is 11.2. The fourth-order valence-electron chi connectivity index (χ4n) is 0.582. The van der Waals surface area contributed by atoms with Gasteiger partial charge in [0.1, 0.15) is 18.3 Å². The number of esters is 1. The number of Topliss-reactive ketones (excluding diaryl/α,β-unsaturated/α-hetero) is 1. The van der Waals surface area contributed by atoms with Crippen LogP contribution in [-0.2, 0) is 19.1 Å². The van der Waals surface area contributed by atoms with Gasteiger partial charge in [0.2, 0.25) is 0 Å². The maximum atomic E-state index is 10.6. The maximum Gasteiger partial charge on any atom is 0.334 e. The molecule has 17 heavy (non-hydrogen) atoms. The molecule has 0 radical (unpaired) electrons. The average Bonchev–Trinajstić information content (AvgIpc) is 2.12. The summed E-state index contributed by atoms with van der Waals surface area (Å²) in [6, 6.07) is 0. The number of carboxylic acids is 1. The van der Waals surface area contributed by atoms with Crippen molar-refractivity contribution in [3.63, 3.8) is 0 Å². The molecule has 1 atom stereocenters. The lowest BCUT2D eigenvalue weighted by Crippen LogP contribution is -2.21. The Bertz CT molecular complexity index is 245. The van der Waals surface area contributed by atoms with Crippen LogP contribution in [0.3, 0.4) is 0 Å². The molecule has 0 aliphatic heterocycles. The van der Waals surface area contributed by atoms with Gasteiger partial charge in [-0.15, -0.1) is 0 Å². The van der Waals surface area contributed by atoms with Crippen LogP contribution in [0.1, 0.15) is 34.1 Å². The molecule has 0 saturated heterocycles. The second kappa shape index (κ2) is 9.77. The van der Waals surface area contributed by atoms with Gasteiger partial charge in [-0.25, -0.2) is 4.79 Å². The minimum absolute atomic E-state index is 0.312. The molecule has 0 amide bonds. The summed E-state index contributed by atoms with van der Waals surface area (Å²) in [7, 11) is 0. The van der Waals surface area contributed by atoms with E-state index in [4.69, 9.17) is 10.2 Å². The summed E-state index contributed by atoms with van der Waals surface area (Å²) in [6.07, 6.45) is -1.36. The van der Waals surface area contributed by atoms with Crippen molar-refractivity contribution in [2.24, 2.45) is 5.92 Å². The summed E-state index contributed by atoms with van der Waals surface area (Å²) in [4.78, 5) is 30.0. The molecule has 0 rings (SSSR count). The van der Waals surface area contributed by atoms with Crippen molar-refractivity contribution in [2.75, 3.05) is 6.61 Å². The van der Waals surface area contributed by atoms with E-state index in [-0.39, 0.29) is 12.2 Å². The van der Waals surface area contributed by atoms with Gasteiger partial charge in [-0.05, 0) is 19.8 Å². The summed E-state index contributed by atoms with van der Waals surface area (Å²) in [6.45, 7) is 6.89. The monoisotopic (exact) mass is 248 g/mol. The first-order chi connectivity index (χ1) is 7.66. The number of aliphatic hydroxyl groups excluding tert-OH is 1. The van der Waals surface area contributed by atoms with Crippen LogP contribution in [-0.4, -0.2) is 40.6 Å². The first-order valence-corrected chi connectivity index (χ1v) is 5.22. The molecule has 100 valence electrons. The molecule has 0 aromatic heterocycles. The Morgan fingerprint density at radius 3 is 1.82 bits per heavy atom. The van der Waals surface area contributed by atoms with E-state index in [0.29, 0.717) is 12.5 Å².